The van der Waals surface area contributed by atoms with Gasteiger partial charge < -0.3 is 4.90 Å². The minimum absolute atomic E-state index is 0.168. The van der Waals surface area contributed by atoms with Gasteiger partial charge in [-0.05, 0) is 18.6 Å². The van der Waals surface area contributed by atoms with Crippen molar-refractivity contribution in [2.24, 2.45) is 0 Å². The summed E-state index contributed by atoms with van der Waals surface area (Å²) >= 11 is 0. The van der Waals surface area contributed by atoms with Crippen LogP contribution >= 0.6 is 0 Å². The Hall–Kier alpha value is -1.31. The van der Waals surface area contributed by atoms with Gasteiger partial charge in [0, 0.05) is 25.5 Å². The van der Waals surface area contributed by atoms with E-state index in [1.807, 2.05) is 0 Å². The van der Waals surface area contributed by atoms with E-state index in [1.165, 1.54) is 0 Å². The van der Waals surface area contributed by atoms with Gasteiger partial charge in [-0.15, -0.1) is 0 Å². The molecule has 0 aliphatic carbocycles. The second-order valence-corrected chi connectivity index (χ2v) is 6.91. The fourth-order valence-electron chi connectivity index (χ4n) is 2.05. The first kappa shape index (κ1) is 14.1. The fourth-order valence-corrected chi connectivity index (χ4v) is 3.04. The Morgan fingerprint density at radius 3 is 2.63 bits per heavy atom. The zero-order chi connectivity index (χ0) is 14.3. The number of rotatable bonds is 2. The molecule has 0 aromatic carbocycles. The Balaban J connectivity index is 2.21. The topological polar surface area (TPSA) is 50.3 Å². The normalized spacial score (nSPS) is 20.8. The van der Waals surface area contributed by atoms with E-state index in [9.17, 15) is 21.6 Å². The summed E-state index contributed by atoms with van der Waals surface area (Å²) in [5.41, 5.74) is -0.777. The van der Waals surface area contributed by atoms with Gasteiger partial charge in [0.2, 0.25) is 0 Å². The third-order valence-corrected chi connectivity index (χ3v) is 4.74. The number of hydrogen-bond acceptors (Lipinski definition) is 4. The fraction of sp³-hybridized carbons (Fsp3) is 0.545. The molecule has 1 aliphatic rings. The molecule has 0 amide bonds. The van der Waals surface area contributed by atoms with Crippen molar-refractivity contribution in [1.29, 1.82) is 0 Å². The molecule has 1 unspecified atom stereocenters. The largest absolute Gasteiger partial charge is 0.416 e. The summed E-state index contributed by atoms with van der Waals surface area (Å²) in [6, 6.07) is 1.85. The first-order valence-corrected chi connectivity index (χ1v) is 7.60. The van der Waals surface area contributed by atoms with Crippen LogP contribution in [0.2, 0.25) is 0 Å². The second-order valence-electron chi connectivity index (χ2n) is 4.59. The average molecular weight is 294 g/mol. The molecule has 2 heterocycles. The number of alkyl halides is 3. The van der Waals surface area contributed by atoms with E-state index >= 15 is 0 Å². The highest BCUT2D eigenvalue weighted by Gasteiger charge is 2.34. The lowest BCUT2D eigenvalue weighted by Gasteiger charge is -2.18. The lowest BCUT2D eigenvalue weighted by Crippen LogP contribution is -2.26. The Labute approximate surface area is 109 Å². The van der Waals surface area contributed by atoms with Gasteiger partial charge in [-0.3, -0.25) is 0 Å². The molecule has 1 saturated heterocycles. The van der Waals surface area contributed by atoms with E-state index in [-0.39, 0.29) is 12.4 Å². The van der Waals surface area contributed by atoms with Gasteiger partial charge in [0.25, 0.3) is 0 Å². The van der Waals surface area contributed by atoms with Crippen LogP contribution in [-0.2, 0) is 16.0 Å². The van der Waals surface area contributed by atoms with Crippen LogP contribution in [0.3, 0.4) is 0 Å². The maximum absolute atomic E-state index is 12.6. The molecule has 19 heavy (non-hydrogen) atoms. The summed E-state index contributed by atoms with van der Waals surface area (Å²) < 4.78 is 60.6. The Bertz CT molecular complexity index is 572. The summed E-state index contributed by atoms with van der Waals surface area (Å²) in [6.07, 6.45) is -1.78. The summed E-state index contributed by atoms with van der Waals surface area (Å²) in [5.74, 6) is 0.168. The molecule has 1 fully saturated rings. The van der Waals surface area contributed by atoms with Crippen molar-refractivity contribution in [3.63, 3.8) is 0 Å². The quantitative estimate of drug-likeness (QED) is 0.833. The Kier molecular flexibility index (Phi) is 3.46. The third-order valence-electron chi connectivity index (χ3n) is 3.15. The van der Waals surface area contributed by atoms with E-state index in [4.69, 9.17) is 0 Å². The minimum atomic E-state index is -4.42. The van der Waals surface area contributed by atoms with Crippen LogP contribution < -0.4 is 4.90 Å². The molecule has 1 aliphatic heterocycles. The standard InChI is InChI=1S/C11H13F3N2O2S/c1-19(17,18)9-3-5-16(7-9)10-6-8(2-4-15-10)11(12,13)14/h2,4,6,9H,3,5,7H2,1H3. The first-order valence-electron chi connectivity index (χ1n) is 5.65. The van der Waals surface area contributed by atoms with Crippen LogP contribution in [0.25, 0.3) is 0 Å². The van der Waals surface area contributed by atoms with Crippen LogP contribution in [0.15, 0.2) is 18.3 Å². The van der Waals surface area contributed by atoms with Crippen LogP contribution in [0.1, 0.15) is 12.0 Å². The van der Waals surface area contributed by atoms with E-state index < -0.39 is 26.8 Å². The van der Waals surface area contributed by atoms with Crippen molar-refractivity contribution in [1.82, 2.24) is 4.98 Å². The van der Waals surface area contributed by atoms with E-state index in [0.717, 1.165) is 24.6 Å². The van der Waals surface area contributed by atoms with Crippen molar-refractivity contribution >= 4 is 15.7 Å². The second kappa shape index (κ2) is 4.66. The zero-order valence-corrected chi connectivity index (χ0v) is 11.0. The molecule has 4 nitrogen and oxygen atoms in total. The maximum atomic E-state index is 12.6. The maximum Gasteiger partial charge on any atom is 0.416 e. The molecular formula is C11H13F3N2O2S. The molecular weight excluding hydrogens is 281 g/mol. The number of hydrogen-bond donors (Lipinski definition) is 0. The van der Waals surface area contributed by atoms with E-state index in [0.29, 0.717) is 13.0 Å². The minimum Gasteiger partial charge on any atom is -0.355 e. The number of nitrogens with zero attached hydrogens (tertiary/aromatic N) is 2. The smallest absolute Gasteiger partial charge is 0.355 e. The molecule has 8 heteroatoms. The van der Waals surface area contributed by atoms with Crippen molar-refractivity contribution in [3.8, 4) is 0 Å². The number of aromatic nitrogens is 1. The molecule has 0 saturated carbocycles. The highest BCUT2D eigenvalue weighted by Crippen LogP contribution is 2.31. The van der Waals surface area contributed by atoms with Gasteiger partial charge in [-0.25, -0.2) is 13.4 Å². The first-order chi connectivity index (χ1) is 8.68. The van der Waals surface area contributed by atoms with Gasteiger partial charge in [0.1, 0.15) is 5.82 Å². The molecule has 1 aromatic heterocycles. The molecule has 0 bridgehead atoms. The highest BCUT2D eigenvalue weighted by molar-refractivity contribution is 7.91. The predicted molar refractivity (Wildman–Crippen MR) is 64.7 cm³/mol. The van der Waals surface area contributed by atoms with Gasteiger partial charge in [-0.1, -0.05) is 0 Å². The monoisotopic (exact) mass is 294 g/mol. The summed E-state index contributed by atoms with van der Waals surface area (Å²) in [4.78, 5) is 5.45. The number of anilines is 1. The lowest BCUT2D eigenvalue weighted by atomic mass is 10.2. The van der Waals surface area contributed by atoms with Crippen LogP contribution in [0.4, 0.5) is 19.0 Å². The number of halogens is 3. The van der Waals surface area contributed by atoms with Gasteiger partial charge in [0.15, 0.2) is 9.84 Å². The molecule has 0 spiro atoms. The summed E-state index contributed by atoms with van der Waals surface area (Å²) in [6.45, 7) is 0.583. The molecule has 0 radical (unpaired) electrons. The van der Waals surface area contributed by atoms with Crippen LogP contribution in [-0.4, -0.2) is 38.0 Å². The van der Waals surface area contributed by atoms with Crippen molar-refractivity contribution in [2.75, 3.05) is 24.2 Å². The molecule has 2 rings (SSSR count). The highest BCUT2D eigenvalue weighted by atomic mass is 32.2. The van der Waals surface area contributed by atoms with Crippen LogP contribution in [0.5, 0.6) is 0 Å². The Morgan fingerprint density at radius 1 is 1.42 bits per heavy atom. The zero-order valence-electron chi connectivity index (χ0n) is 10.2. The van der Waals surface area contributed by atoms with Gasteiger partial charge in [-0.2, -0.15) is 13.2 Å². The van der Waals surface area contributed by atoms with Gasteiger partial charge in [0.05, 0.1) is 10.8 Å². The SMILES string of the molecule is CS(=O)(=O)C1CCN(c2cc(C(F)(F)F)ccn2)C1. The molecule has 0 N–H and O–H groups in total. The van der Waals surface area contributed by atoms with Crippen molar-refractivity contribution in [2.45, 2.75) is 17.8 Å². The number of sulfone groups is 1. The molecule has 1 aromatic rings. The average Bonchev–Trinajstić information content (AvgIpc) is 2.77. The lowest BCUT2D eigenvalue weighted by molar-refractivity contribution is -0.137. The predicted octanol–water partition coefficient (Wildman–Crippen LogP) is 1.72. The van der Waals surface area contributed by atoms with Crippen LogP contribution in [0, 0.1) is 0 Å². The van der Waals surface area contributed by atoms with Crippen molar-refractivity contribution in [3.05, 3.63) is 23.9 Å². The van der Waals surface area contributed by atoms with Gasteiger partial charge >= 0.3 is 6.18 Å². The van der Waals surface area contributed by atoms with E-state index in [2.05, 4.69) is 4.98 Å². The number of pyridine rings is 1. The van der Waals surface area contributed by atoms with Crippen molar-refractivity contribution < 1.29 is 21.6 Å². The summed E-state index contributed by atoms with van der Waals surface area (Å²) in [5, 5.41) is -0.538. The summed E-state index contributed by atoms with van der Waals surface area (Å²) in [7, 11) is -3.17. The molecule has 1 atom stereocenters. The third kappa shape index (κ3) is 3.17. The Morgan fingerprint density at radius 2 is 2.11 bits per heavy atom. The van der Waals surface area contributed by atoms with E-state index in [1.54, 1.807) is 4.90 Å². The molecule has 106 valence electrons.